The molecule has 5 heteroatoms. The maximum Gasteiger partial charge on any atom is 0.326 e. The Morgan fingerprint density at radius 3 is 2.58 bits per heavy atom. The third kappa shape index (κ3) is 3.01. The highest BCUT2D eigenvalue weighted by Crippen LogP contribution is 2.26. The number of hydrogen-bond donors (Lipinski definition) is 1. The largest absolute Gasteiger partial charge is 0.480 e. The number of carbonyl (C=O) groups is 2. The first-order chi connectivity index (χ1) is 9.02. The number of urea groups is 1. The summed E-state index contributed by atoms with van der Waals surface area (Å²) in [6.45, 7) is 6.33. The Kier molecular flexibility index (Phi) is 4.32. The number of piperidine rings is 1. The molecule has 108 valence electrons. The zero-order valence-corrected chi connectivity index (χ0v) is 11.8. The molecule has 2 aliphatic heterocycles. The van der Waals surface area contributed by atoms with Crippen molar-refractivity contribution in [3.05, 3.63) is 0 Å². The standard InChI is InChI=1S/C14H24N2O3/c1-3-11-5-6-15(9-11)14(19)16-7-4-10(2)8-12(16)13(17)18/h10-12H,3-9H2,1-2H3,(H,17,18). The minimum atomic E-state index is -0.869. The number of likely N-dealkylation sites (tertiary alicyclic amines) is 2. The number of carboxylic acid groups (broad SMARTS) is 1. The first kappa shape index (κ1) is 14.2. The van der Waals surface area contributed by atoms with E-state index in [1.165, 1.54) is 0 Å². The van der Waals surface area contributed by atoms with Crippen molar-refractivity contribution in [1.29, 1.82) is 0 Å². The molecule has 3 atom stereocenters. The second-order valence-electron chi connectivity index (χ2n) is 5.97. The molecule has 2 saturated heterocycles. The van der Waals surface area contributed by atoms with Crippen molar-refractivity contribution in [3.8, 4) is 0 Å². The van der Waals surface area contributed by atoms with Gasteiger partial charge in [0.05, 0.1) is 0 Å². The predicted molar refractivity (Wildman–Crippen MR) is 71.9 cm³/mol. The molecule has 1 N–H and O–H groups in total. The molecule has 0 aliphatic carbocycles. The molecule has 19 heavy (non-hydrogen) atoms. The van der Waals surface area contributed by atoms with Crippen molar-refractivity contribution in [3.63, 3.8) is 0 Å². The molecule has 0 bridgehead atoms. The van der Waals surface area contributed by atoms with Crippen LogP contribution in [0.2, 0.25) is 0 Å². The Bertz CT molecular complexity index is 359. The highest BCUT2D eigenvalue weighted by Gasteiger charge is 2.38. The summed E-state index contributed by atoms with van der Waals surface area (Å²) in [5, 5.41) is 9.30. The summed E-state index contributed by atoms with van der Waals surface area (Å²) in [5.74, 6) is 0.0919. The summed E-state index contributed by atoms with van der Waals surface area (Å²) >= 11 is 0. The number of nitrogens with zero attached hydrogens (tertiary/aromatic N) is 2. The van der Waals surface area contributed by atoms with Crippen molar-refractivity contribution < 1.29 is 14.7 Å². The molecule has 2 heterocycles. The Hall–Kier alpha value is -1.26. The summed E-state index contributed by atoms with van der Waals surface area (Å²) < 4.78 is 0. The van der Waals surface area contributed by atoms with Gasteiger partial charge in [0.2, 0.25) is 0 Å². The van der Waals surface area contributed by atoms with Gasteiger partial charge in [-0.25, -0.2) is 9.59 Å². The van der Waals surface area contributed by atoms with Gasteiger partial charge in [0.25, 0.3) is 0 Å². The predicted octanol–water partition coefficient (Wildman–Crippen LogP) is 2.02. The maximum atomic E-state index is 12.5. The molecule has 0 aromatic heterocycles. The Labute approximate surface area is 114 Å². The second kappa shape index (κ2) is 5.80. The molecular formula is C14H24N2O3. The number of hydrogen-bond acceptors (Lipinski definition) is 2. The molecule has 0 radical (unpaired) electrons. The lowest BCUT2D eigenvalue weighted by Crippen LogP contribution is -2.54. The van der Waals surface area contributed by atoms with Crippen molar-refractivity contribution in [2.75, 3.05) is 19.6 Å². The molecular weight excluding hydrogens is 244 g/mol. The van der Waals surface area contributed by atoms with Gasteiger partial charge in [0.1, 0.15) is 6.04 Å². The third-order valence-corrected chi connectivity index (χ3v) is 4.53. The van der Waals surface area contributed by atoms with Crippen LogP contribution in [0.3, 0.4) is 0 Å². The quantitative estimate of drug-likeness (QED) is 0.833. The topological polar surface area (TPSA) is 60.9 Å². The van der Waals surface area contributed by atoms with Gasteiger partial charge >= 0.3 is 12.0 Å². The van der Waals surface area contributed by atoms with Crippen molar-refractivity contribution in [2.45, 2.75) is 45.6 Å². The third-order valence-electron chi connectivity index (χ3n) is 4.53. The molecule has 0 aromatic carbocycles. The molecule has 0 spiro atoms. The van der Waals surface area contributed by atoms with E-state index in [-0.39, 0.29) is 6.03 Å². The van der Waals surface area contributed by atoms with E-state index in [2.05, 4.69) is 13.8 Å². The Balaban J connectivity index is 2.02. The van der Waals surface area contributed by atoms with Crippen molar-refractivity contribution >= 4 is 12.0 Å². The summed E-state index contributed by atoms with van der Waals surface area (Å²) in [6.07, 6.45) is 3.61. The first-order valence-electron chi connectivity index (χ1n) is 7.31. The van der Waals surface area contributed by atoms with Crippen LogP contribution < -0.4 is 0 Å². The van der Waals surface area contributed by atoms with Gasteiger partial charge < -0.3 is 14.9 Å². The van der Waals surface area contributed by atoms with Gasteiger partial charge in [-0.1, -0.05) is 20.3 Å². The van der Waals surface area contributed by atoms with Gasteiger partial charge in [0.15, 0.2) is 0 Å². The van der Waals surface area contributed by atoms with Crippen molar-refractivity contribution in [1.82, 2.24) is 9.80 Å². The normalized spacial score (nSPS) is 31.6. The summed E-state index contributed by atoms with van der Waals surface area (Å²) in [5.41, 5.74) is 0. The lowest BCUT2D eigenvalue weighted by atomic mass is 9.93. The van der Waals surface area contributed by atoms with Crippen LogP contribution in [0.25, 0.3) is 0 Å². The second-order valence-corrected chi connectivity index (χ2v) is 5.97. The van der Waals surface area contributed by atoms with E-state index in [0.717, 1.165) is 32.4 Å². The average Bonchev–Trinajstić information content (AvgIpc) is 2.86. The smallest absolute Gasteiger partial charge is 0.326 e. The Morgan fingerprint density at radius 2 is 2.00 bits per heavy atom. The zero-order valence-electron chi connectivity index (χ0n) is 11.8. The van der Waals surface area contributed by atoms with Crippen LogP contribution in [0, 0.1) is 11.8 Å². The molecule has 2 aliphatic rings. The summed E-state index contributed by atoms with van der Waals surface area (Å²) in [4.78, 5) is 27.2. The molecule has 2 amide bonds. The van der Waals surface area contributed by atoms with Crippen LogP contribution in [0.4, 0.5) is 4.79 Å². The number of rotatable bonds is 2. The maximum absolute atomic E-state index is 12.5. The van der Waals surface area contributed by atoms with E-state index >= 15 is 0 Å². The number of amides is 2. The molecule has 5 nitrogen and oxygen atoms in total. The molecule has 2 fully saturated rings. The van der Waals surface area contributed by atoms with E-state index in [0.29, 0.717) is 24.8 Å². The van der Waals surface area contributed by atoms with Gasteiger partial charge in [-0.05, 0) is 31.1 Å². The number of carbonyl (C=O) groups excluding carboxylic acids is 1. The first-order valence-corrected chi connectivity index (χ1v) is 7.31. The van der Waals surface area contributed by atoms with Gasteiger partial charge in [0, 0.05) is 19.6 Å². The van der Waals surface area contributed by atoms with Crippen LogP contribution in [-0.2, 0) is 4.79 Å². The SMILES string of the molecule is CCC1CCN(C(=O)N2CCC(C)CC2C(=O)O)C1. The molecule has 0 saturated carbocycles. The highest BCUT2D eigenvalue weighted by atomic mass is 16.4. The minimum absolute atomic E-state index is 0.0738. The van der Waals surface area contributed by atoms with Crippen molar-refractivity contribution in [2.24, 2.45) is 11.8 Å². The van der Waals surface area contributed by atoms with E-state index < -0.39 is 12.0 Å². The molecule has 0 aromatic rings. The highest BCUT2D eigenvalue weighted by molar-refractivity contribution is 5.83. The zero-order chi connectivity index (χ0) is 14.0. The van der Waals surface area contributed by atoms with E-state index in [1.807, 2.05) is 4.90 Å². The van der Waals surface area contributed by atoms with Crippen LogP contribution in [0.1, 0.15) is 39.5 Å². The van der Waals surface area contributed by atoms with Gasteiger partial charge in [-0.15, -0.1) is 0 Å². The van der Waals surface area contributed by atoms with Crippen LogP contribution in [0.15, 0.2) is 0 Å². The summed E-state index contributed by atoms with van der Waals surface area (Å²) in [6, 6.07) is -0.716. The minimum Gasteiger partial charge on any atom is -0.480 e. The molecule has 2 rings (SSSR count). The summed E-state index contributed by atoms with van der Waals surface area (Å²) in [7, 11) is 0. The lowest BCUT2D eigenvalue weighted by molar-refractivity contribution is -0.144. The number of carboxylic acids is 1. The monoisotopic (exact) mass is 268 g/mol. The molecule has 3 unspecified atom stereocenters. The Morgan fingerprint density at radius 1 is 1.26 bits per heavy atom. The lowest BCUT2D eigenvalue weighted by Gasteiger charge is -2.38. The van der Waals surface area contributed by atoms with Gasteiger partial charge in [-0.3, -0.25) is 0 Å². The van der Waals surface area contributed by atoms with Crippen LogP contribution in [-0.4, -0.2) is 52.6 Å². The van der Waals surface area contributed by atoms with Crippen LogP contribution >= 0.6 is 0 Å². The van der Waals surface area contributed by atoms with E-state index in [9.17, 15) is 14.7 Å². The average molecular weight is 268 g/mol. The van der Waals surface area contributed by atoms with Gasteiger partial charge in [-0.2, -0.15) is 0 Å². The fourth-order valence-electron chi connectivity index (χ4n) is 3.13. The van der Waals surface area contributed by atoms with E-state index in [1.54, 1.807) is 4.90 Å². The van der Waals surface area contributed by atoms with E-state index in [4.69, 9.17) is 0 Å². The fraction of sp³-hybridized carbons (Fsp3) is 0.857. The fourth-order valence-corrected chi connectivity index (χ4v) is 3.13. The number of aliphatic carboxylic acids is 1. The van der Waals surface area contributed by atoms with Crippen LogP contribution in [0.5, 0.6) is 0 Å².